The Balaban J connectivity index is 1.77. The summed E-state index contributed by atoms with van der Waals surface area (Å²) in [5.74, 6) is 0.397. The fourth-order valence-corrected chi connectivity index (χ4v) is 3.67. The van der Waals surface area contributed by atoms with Crippen molar-refractivity contribution in [3.63, 3.8) is 0 Å². The number of hydrogen-bond donors (Lipinski definition) is 2. The zero-order valence-corrected chi connectivity index (χ0v) is 15.1. The van der Waals surface area contributed by atoms with Crippen molar-refractivity contribution in [1.29, 1.82) is 0 Å². The largest absolute Gasteiger partial charge is 0.492 e. The van der Waals surface area contributed by atoms with Crippen molar-refractivity contribution in [2.45, 2.75) is 43.0 Å². The van der Waals surface area contributed by atoms with Gasteiger partial charge in [0, 0.05) is 11.8 Å². The highest BCUT2D eigenvalue weighted by molar-refractivity contribution is 7.90. The van der Waals surface area contributed by atoms with Crippen LogP contribution in [0.4, 0.5) is 0 Å². The Kier molecular flexibility index (Phi) is 5.87. The topological polar surface area (TPSA) is 98.5 Å². The van der Waals surface area contributed by atoms with E-state index in [0.29, 0.717) is 18.9 Å². The molecular weight excluding hydrogens is 328 g/mol. The number of nitrogens with one attached hydrogen (secondary N) is 1. The van der Waals surface area contributed by atoms with Crippen LogP contribution >= 0.6 is 0 Å². The summed E-state index contributed by atoms with van der Waals surface area (Å²) in [5.41, 5.74) is 5.79. The lowest BCUT2D eigenvalue weighted by atomic mass is 9.74. The van der Waals surface area contributed by atoms with Crippen LogP contribution in [0.5, 0.6) is 5.75 Å². The predicted molar refractivity (Wildman–Crippen MR) is 92.6 cm³/mol. The van der Waals surface area contributed by atoms with Crippen LogP contribution in [0.15, 0.2) is 29.2 Å². The smallest absolute Gasteiger partial charge is 0.225 e. The van der Waals surface area contributed by atoms with Crippen molar-refractivity contribution >= 4 is 15.7 Å². The zero-order valence-electron chi connectivity index (χ0n) is 14.2. The second-order valence-electron chi connectivity index (χ2n) is 6.69. The molecule has 0 aliphatic heterocycles. The van der Waals surface area contributed by atoms with Gasteiger partial charge in [-0.3, -0.25) is 4.79 Å². The third-order valence-corrected chi connectivity index (χ3v) is 5.62. The molecule has 0 bridgehead atoms. The summed E-state index contributed by atoms with van der Waals surface area (Å²) in [4.78, 5) is 12.5. The molecule has 0 spiro atoms. The monoisotopic (exact) mass is 354 g/mol. The van der Waals surface area contributed by atoms with Crippen molar-refractivity contribution < 1.29 is 17.9 Å². The highest BCUT2D eigenvalue weighted by atomic mass is 32.2. The summed E-state index contributed by atoms with van der Waals surface area (Å²) in [7, 11) is -3.20. The van der Waals surface area contributed by atoms with Crippen molar-refractivity contribution in [3.8, 4) is 5.75 Å². The number of hydrogen-bond acceptors (Lipinski definition) is 5. The fourth-order valence-electron chi connectivity index (χ4n) is 3.04. The molecule has 3 N–H and O–H groups in total. The summed E-state index contributed by atoms with van der Waals surface area (Å²) in [6, 6.07) is 6.23. The summed E-state index contributed by atoms with van der Waals surface area (Å²) >= 11 is 0. The van der Waals surface area contributed by atoms with Crippen LogP contribution in [0.2, 0.25) is 0 Å². The maximum absolute atomic E-state index is 12.3. The minimum absolute atomic E-state index is 0.0178. The van der Waals surface area contributed by atoms with Crippen LogP contribution in [-0.4, -0.2) is 39.3 Å². The second-order valence-corrected chi connectivity index (χ2v) is 8.70. The molecule has 1 aliphatic rings. The number of sulfone groups is 1. The lowest BCUT2D eigenvalue weighted by Gasteiger charge is -2.37. The molecule has 0 radical (unpaired) electrons. The van der Waals surface area contributed by atoms with Crippen molar-refractivity contribution in [1.82, 2.24) is 5.32 Å². The first kappa shape index (κ1) is 18.7. The minimum atomic E-state index is -3.20. The van der Waals surface area contributed by atoms with E-state index >= 15 is 0 Å². The molecule has 1 amide bonds. The van der Waals surface area contributed by atoms with E-state index in [2.05, 4.69) is 5.32 Å². The number of amides is 1. The Labute approximate surface area is 143 Å². The van der Waals surface area contributed by atoms with E-state index in [-0.39, 0.29) is 16.7 Å². The van der Waals surface area contributed by atoms with E-state index in [1.165, 1.54) is 12.1 Å². The number of ether oxygens (including phenoxy) is 1. The summed E-state index contributed by atoms with van der Waals surface area (Å²) in [6.07, 6.45) is 4.97. The Bertz CT molecular complexity index is 668. The van der Waals surface area contributed by atoms with Gasteiger partial charge in [0.1, 0.15) is 12.4 Å². The molecule has 1 fully saturated rings. The third-order valence-electron chi connectivity index (χ3n) is 4.49. The lowest BCUT2D eigenvalue weighted by molar-refractivity contribution is -0.128. The van der Waals surface area contributed by atoms with E-state index < -0.39 is 15.4 Å². The highest BCUT2D eigenvalue weighted by Gasteiger charge is 2.37. The van der Waals surface area contributed by atoms with Gasteiger partial charge in [-0.1, -0.05) is 12.8 Å². The van der Waals surface area contributed by atoms with Gasteiger partial charge in [0.25, 0.3) is 0 Å². The number of nitrogens with two attached hydrogens (primary N) is 1. The van der Waals surface area contributed by atoms with Gasteiger partial charge in [-0.2, -0.15) is 0 Å². The lowest BCUT2D eigenvalue weighted by Crippen LogP contribution is -2.53. The molecule has 134 valence electrons. The average molecular weight is 354 g/mol. The first-order valence-electron chi connectivity index (χ1n) is 8.20. The third kappa shape index (κ3) is 4.95. The number of carbonyl (C=O) groups is 1. The Morgan fingerprint density at radius 1 is 1.33 bits per heavy atom. The Hall–Kier alpha value is -1.60. The first-order valence-corrected chi connectivity index (χ1v) is 10.1. The van der Waals surface area contributed by atoms with E-state index in [9.17, 15) is 13.2 Å². The van der Waals surface area contributed by atoms with Crippen LogP contribution in [0, 0.1) is 5.92 Å². The standard InChI is InChI=1S/C17H26N2O4S/c1-17(18)10-4-3-5-15(17)16(20)19-11-12-23-13-6-8-14(9-7-13)24(2,21)22/h6-9,15H,3-5,10-12,18H2,1-2H3,(H,19,20). The number of carbonyl (C=O) groups excluding carboxylic acids is 1. The van der Waals surface area contributed by atoms with Gasteiger partial charge in [0.15, 0.2) is 9.84 Å². The highest BCUT2D eigenvalue weighted by Crippen LogP contribution is 2.31. The first-order chi connectivity index (χ1) is 11.2. The fraction of sp³-hybridized carbons (Fsp3) is 0.588. The van der Waals surface area contributed by atoms with E-state index in [1.54, 1.807) is 12.1 Å². The molecule has 1 saturated carbocycles. The molecular formula is C17H26N2O4S. The van der Waals surface area contributed by atoms with Crippen LogP contribution < -0.4 is 15.8 Å². The van der Waals surface area contributed by atoms with Gasteiger partial charge in [0.2, 0.25) is 5.91 Å². The van der Waals surface area contributed by atoms with Gasteiger partial charge >= 0.3 is 0 Å². The summed E-state index contributed by atoms with van der Waals surface area (Å²) < 4.78 is 28.3. The van der Waals surface area contributed by atoms with Gasteiger partial charge in [-0.05, 0) is 44.0 Å². The minimum Gasteiger partial charge on any atom is -0.492 e. The van der Waals surface area contributed by atoms with Crippen LogP contribution in [-0.2, 0) is 14.6 Å². The van der Waals surface area contributed by atoms with Crippen molar-refractivity contribution in [3.05, 3.63) is 24.3 Å². The van der Waals surface area contributed by atoms with Crippen LogP contribution in [0.1, 0.15) is 32.6 Å². The van der Waals surface area contributed by atoms with Gasteiger partial charge < -0.3 is 15.8 Å². The molecule has 1 aromatic rings. The molecule has 0 heterocycles. The molecule has 2 unspecified atom stereocenters. The second kappa shape index (κ2) is 7.53. The van der Waals surface area contributed by atoms with Gasteiger partial charge in [0.05, 0.1) is 17.4 Å². The molecule has 2 atom stereocenters. The SMILES string of the molecule is CC1(N)CCCCC1C(=O)NCCOc1ccc(S(C)(=O)=O)cc1. The van der Waals surface area contributed by atoms with Crippen molar-refractivity contribution in [2.24, 2.45) is 11.7 Å². The molecule has 24 heavy (non-hydrogen) atoms. The van der Waals surface area contributed by atoms with Gasteiger partial charge in [-0.15, -0.1) is 0 Å². The van der Waals surface area contributed by atoms with Crippen LogP contribution in [0.25, 0.3) is 0 Å². The quantitative estimate of drug-likeness (QED) is 0.754. The normalized spacial score (nSPS) is 24.4. The predicted octanol–water partition coefficient (Wildman–Crippen LogP) is 1.49. The molecule has 0 aromatic heterocycles. The molecule has 6 nitrogen and oxygen atoms in total. The molecule has 2 rings (SSSR count). The molecule has 0 saturated heterocycles. The maximum atomic E-state index is 12.3. The zero-order chi connectivity index (χ0) is 17.8. The average Bonchev–Trinajstić information content (AvgIpc) is 2.50. The number of benzene rings is 1. The summed E-state index contributed by atoms with van der Waals surface area (Å²) in [6.45, 7) is 2.65. The summed E-state index contributed by atoms with van der Waals surface area (Å²) in [5, 5.41) is 2.87. The Morgan fingerprint density at radius 3 is 2.58 bits per heavy atom. The number of rotatable bonds is 6. The maximum Gasteiger partial charge on any atom is 0.225 e. The Morgan fingerprint density at radius 2 is 2.00 bits per heavy atom. The van der Waals surface area contributed by atoms with E-state index in [1.807, 2.05) is 6.92 Å². The molecule has 1 aromatic carbocycles. The van der Waals surface area contributed by atoms with Crippen LogP contribution in [0.3, 0.4) is 0 Å². The van der Waals surface area contributed by atoms with E-state index in [0.717, 1.165) is 31.9 Å². The molecule has 7 heteroatoms. The van der Waals surface area contributed by atoms with Crippen molar-refractivity contribution in [2.75, 3.05) is 19.4 Å². The van der Waals surface area contributed by atoms with Gasteiger partial charge in [-0.25, -0.2) is 8.42 Å². The van der Waals surface area contributed by atoms with E-state index in [4.69, 9.17) is 10.5 Å². The molecule has 1 aliphatic carbocycles.